The summed E-state index contributed by atoms with van der Waals surface area (Å²) >= 11 is 0. The van der Waals surface area contributed by atoms with Crippen molar-refractivity contribution in [1.29, 1.82) is 5.26 Å². The van der Waals surface area contributed by atoms with Gasteiger partial charge in [-0.15, -0.1) is 0 Å². The molecule has 1 aromatic heterocycles. The second kappa shape index (κ2) is 6.03. The quantitative estimate of drug-likeness (QED) is 0.855. The third-order valence-electron chi connectivity index (χ3n) is 2.95. The topological polar surface area (TPSA) is 68.9 Å². The summed E-state index contributed by atoms with van der Waals surface area (Å²) in [4.78, 5) is 4.27. The number of pyridine rings is 1. The number of nitrogens with zero attached hydrogens (tertiary/aromatic N) is 2. The molecule has 0 aliphatic carbocycles. The second-order valence-electron chi connectivity index (χ2n) is 5.83. The smallest absolute Gasteiger partial charge is 0.103 e. The van der Waals surface area contributed by atoms with Crippen LogP contribution in [-0.2, 0) is 0 Å². The SMILES string of the molecule is Cc1cc(NCC(C)(O)CC(C)C)c(C#N)c(C)n1. The Kier molecular flexibility index (Phi) is 4.90. The number of aliphatic hydroxyl groups is 1. The molecule has 1 rings (SSSR count). The van der Waals surface area contributed by atoms with Crippen molar-refractivity contribution in [2.45, 2.75) is 46.6 Å². The van der Waals surface area contributed by atoms with Crippen LogP contribution in [0.2, 0.25) is 0 Å². The van der Waals surface area contributed by atoms with Gasteiger partial charge in [-0.1, -0.05) is 13.8 Å². The minimum atomic E-state index is -0.786. The molecular weight excluding hydrogens is 238 g/mol. The Hall–Kier alpha value is -1.60. The maximum absolute atomic E-state index is 10.3. The monoisotopic (exact) mass is 261 g/mol. The van der Waals surface area contributed by atoms with Gasteiger partial charge in [0.05, 0.1) is 22.5 Å². The Morgan fingerprint density at radius 1 is 1.47 bits per heavy atom. The van der Waals surface area contributed by atoms with Gasteiger partial charge in [0.1, 0.15) is 6.07 Å². The molecule has 4 nitrogen and oxygen atoms in total. The maximum Gasteiger partial charge on any atom is 0.103 e. The van der Waals surface area contributed by atoms with Crippen LogP contribution in [-0.4, -0.2) is 22.2 Å². The summed E-state index contributed by atoms with van der Waals surface area (Å²) in [5.41, 5.74) is 2.09. The van der Waals surface area contributed by atoms with E-state index in [2.05, 4.69) is 30.2 Å². The fourth-order valence-corrected chi connectivity index (χ4v) is 2.35. The van der Waals surface area contributed by atoms with Crippen molar-refractivity contribution < 1.29 is 5.11 Å². The highest BCUT2D eigenvalue weighted by atomic mass is 16.3. The van der Waals surface area contributed by atoms with Gasteiger partial charge in [0.2, 0.25) is 0 Å². The lowest BCUT2D eigenvalue weighted by atomic mass is 9.94. The highest BCUT2D eigenvalue weighted by molar-refractivity contribution is 5.59. The highest BCUT2D eigenvalue weighted by Gasteiger charge is 2.22. The van der Waals surface area contributed by atoms with E-state index in [0.717, 1.165) is 11.4 Å². The van der Waals surface area contributed by atoms with Crippen molar-refractivity contribution in [2.75, 3.05) is 11.9 Å². The van der Waals surface area contributed by atoms with Crippen LogP contribution in [0.25, 0.3) is 0 Å². The van der Waals surface area contributed by atoms with Gasteiger partial charge in [-0.2, -0.15) is 5.26 Å². The number of nitrogens with one attached hydrogen (secondary N) is 1. The molecule has 0 amide bonds. The Bertz CT molecular complexity index is 487. The molecule has 0 aliphatic rings. The van der Waals surface area contributed by atoms with E-state index in [-0.39, 0.29) is 0 Å². The number of hydrogen-bond acceptors (Lipinski definition) is 4. The van der Waals surface area contributed by atoms with Gasteiger partial charge < -0.3 is 10.4 Å². The van der Waals surface area contributed by atoms with Crippen molar-refractivity contribution in [2.24, 2.45) is 5.92 Å². The number of anilines is 1. The summed E-state index contributed by atoms with van der Waals surface area (Å²) in [7, 11) is 0. The molecule has 104 valence electrons. The lowest BCUT2D eigenvalue weighted by Crippen LogP contribution is -2.35. The van der Waals surface area contributed by atoms with Gasteiger partial charge >= 0.3 is 0 Å². The number of aromatic nitrogens is 1. The van der Waals surface area contributed by atoms with Crippen LogP contribution >= 0.6 is 0 Å². The van der Waals surface area contributed by atoms with E-state index in [9.17, 15) is 10.4 Å². The Morgan fingerprint density at radius 3 is 2.63 bits per heavy atom. The number of hydrogen-bond donors (Lipinski definition) is 2. The Balaban J connectivity index is 2.86. The average molecular weight is 261 g/mol. The zero-order valence-electron chi connectivity index (χ0n) is 12.4. The third kappa shape index (κ3) is 4.53. The van der Waals surface area contributed by atoms with Gasteiger partial charge in [-0.05, 0) is 39.2 Å². The molecule has 1 aromatic rings. The predicted octanol–water partition coefficient (Wildman–Crippen LogP) is 2.78. The van der Waals surface area contributed by atoms with Gasteiger partial charge in [-0.25, -0.2) is 0 Å². The van der Waals surface area contributed by atoms with Crippen molar-refractivity contribution in [3.05, 3.63) is 23.0 Å². The first-order chi connectivity index (χ1) is 8.75. The van der Waals surface area contributed by atoms with Gasteiger partial charge in [0.15, 0.2) is 0 Å². The van der Waals surface area contributed by atoms with E-state index in [0.29, 0.717) is 30.1 Å². The van der Waals surface area contributed by atoms with Crippen LogP contribution in [0.4, 0.5) is 5.69 Å². The van der Waals surface area contributed by atoms with Crippen LogP contribution in [0, 0.1) is 31.1 Å². The van der Waals surface area contributed by atoms with Crippen LogP contribution in [0.15, 0.2) is 6.07 Å². The molecule has 0 radical (unpaired) electrons. The Morgan fingerprint density at radius 2 is 2.11 bits per heavy atom. The number of rotatable bonds is 5. The molecule has 0 bridgehead atoms. The molecule has 1 atom stereocenters. The molecule has 1 unspecified atom stereocenters. The molecule has 4 heteroatoms. The molecule has 1 heterocycles. The fraction of sp³-hybridized carbons (Fsp3) is 0.600. The molecule has 0 spiro atoms. The van der Waals surface area contributed by atoms with E-state index in [1.54, 1.807) is 0 Å². The minimum absolute atomic E-state index is 0.419. The summed E-state index contributed by atoms with van der Waals surface area (Å²) < 4.78 is 0. The maximum atomic E-state index is 10.3. The summed E-state index contributed by atoms with van der Waals surface area (Å²) in [6, 6.07) is 4.01. The molecule has 19 heavy (non-hydrogen) atoms. The van der Waals surface area contributed by atoms with Gasteiger partial charge in [0, 0.05) is 12.2 Å². The van der Waals surface area contributed by atoms with Gasteiger partial charge in [0.25, 0.3) is 0 Å². The largest absolute Gasteiger partial charge is 0.388 e. The van der Waals surface area contributed by atoms with Crippen LogP contribution in [0.5, 0.6) is 0 Å². The van der Waals surface area contributed by atoms with Gasteiger partial charge in [-0.3, -0.25) is 4.98 Å². The molecule has 0 aliphatic heterocycles. The summed E-state index contributed by atoms with van der Waals surface area (Å²) in [6.45, 7) is 10.1. The molecule has 0 saturated carbocycles. The first kappa shape index (κ1) is 15.5. The zero-order chi connectivity index (χ0) is 14.6. The van der Waals surface area contributed by atoms with Crippen molar-refractivity contribution in [3.8, 4) is 6.07 Å². The van der Waals surface area contributed by atoms with E-state index in [1.807, 2.05) is 26.8 Å². The molecule has 2 N–H and O–H groups in total. The van der Waals surface area contributed by atoms with Crippen molar-refractivity contribution >= 4 is 5.69 Å². The molecule has 0 aromatic carbocycles. The fourth-order valence-electron chi connectivity index (χ4n) is 2.35. The predicted molar refractivity (Wildman–Crippen MR) is 77.0 cm³/mol. The summed E-state index contributed by atoms with van der Waals surface area (Å²) in [6.07, 6.45) is 0.713. The van der Waals surface area contributed by atoms with E-state index in [4.69, 9.17) is 0 Å². The third-order valence-corrected chi connectivity index (χ3v) is 2.95. The van der Waals surface area contributed by atoms with E-state index < -0.39 is 5.60 Å². The Labute approximate surface area is 115 Å². The first-order valence-electron chi connectivity index (χ1n) is 6.60. The number of aryl methyl sites for hydroxylation is 2. The number of nitriles is 1. The first-order valence-corrected chi connectivity index (χ1v) is 6.60. The van der Waals surface area contributed by atoms with Crippen LogP contribution in [0.1, 0.15) is 44.1 Å². The highest BCUT2D eigenvalue weighted by Crippen LogP contribution is 2.21. The second-order valence-corrected chi connectivity index (χ2v) is 5.83. The summed E-state index contributed by atoms with van der Waals surface area (Å²) in [5.74, 6) is 0.424. The molecular formula is C15H23N3O. The van der Waals surface area contributed by atoms with Crippen molar-refractivity contribution in [3.63, 3.8) is 0 Å². The molecule has 0 fully saturated rings. The minimum Gasteiger partial charge on any atom is -0.388 e. The zero-order valence-corrected chi connectivity index (χ0v) is 12.4. The van der Waals surface area contributed by atoms with E-state index in [1.165, 1.54) is 0 Å². The van der Waals surface area contributed by atoms with Crippen molar-refractivity contribution in [1.82, 2.24) is 4.98 Å². The standard InChI is InChI=1S/C15H23N3O/c1-10(2)7-15(5,19)9-17-14-6-11(3)18-12(4)13(14)8-16/h6,10,19H,7,9H2,1-5H3,(H,17,18). The van der Waals surface area contributed by atoms with Crippen LogP contribution in [0.3, 0.4) is 0 Å². The van der Waals surface area contributed by atoms with E-state index >= 15 is 0 Å². The lowest BCUT2D eigenvalue weighted by molar-refractivity contribution is 0.0515. The summed E-state index contributed by atoms with van der Waals surface area (Å²) in [5, 5.41) is 22.6. The van der Waals surface area contributed by atoms with Crippen LogP contribution < -0.4 is 5.32 Å². The average Bonchev–Trinajstić information content (AvgIpc) is 2.24. The normalized spacial score (nSPS) is 14.0. The lowest BCUT2D eigenvalue weighted by Gasteiger charge is -2.26. The molecule has 0 saturated heterocycles.